The molecule has 1 fully saturated rings. The summed E-state index contributed by atoms with van der Waals surface area (Å²) >= 11 is 1.39. The Morgan fingerprint density at radius 2 is 2.07 bits per heavy atom. The number of tetrazole rings is 1. The molecular formula is C19H25N5O3S. The molecule has 0 spiro atoms. The first kappa shape index (κ1) is 19.0. The van der Waals surface area contributed by atoms with E-state index in [4.69, 9.17) is 9.47 Å². The van der Waals surface area contributed by atoms with Gasteiger partial charge in [0.25, 0.3) is 0 Å². The highest BCUT2D eigenvalue weighted by molar-refractivity contribution is 7.99. The van der Waals surface area contributed by atoms with Gasteiger partial charge in [0.05, 0.1) is 31.1 Å². The van der Waals surface area contributed by atoms with E-state index in [9.17, 15) is 4.79 Å². The fourth-order valence-electron chi connectivity index (χ4n) is 3.61. The lowest BCUT2D eigenvalue weighted by Crippen LogP contribution is -2.32. The minimum absolute atomic E-state index is 0.0753. The van der Waals surface area contributed by atoms with E-state index in [1.165, 1.54) is 11.8 Å². The van der Waals surface area contributed by atoms with Crippen LogP contribution in [0.1, 0.15) is 50.8 Å². The van der Waals surface area contributed by atoms with Crippen LogP contribution in [-0.4, -0.2) is 56.5 Å². The third-order valence-electron chi connectivity index (χ3n) is 5.01. The molecule has 0 saturated carbocycles. The predicted molar refractivity (Wildman–Crippen MR) is 105 cm³/mol. The summed E-state index contributed by atoms with van der Waals surface area (Å²) in [6.07, 6.45) is 2.84. The number of hydrogen-bond donors (Lipinski definition) is 0. The molecule has 0 aliphatic carbocycles. The summed E-state index contributed by atoms with van der Waals surface area (Å²) < 4.78 is 13.3. The number of rotatable bonds is 5. The van der Waals surface area contributed by atoms with Crippen molar-refractivity contribution in [1.82, 2.24) is 25.1 Å². The molecule has 1 saturated heterocycles. The second-order valence-corrected chi connectivity index (χ2v) is 8.23. The minimum Gasteiger partial charge on any atom is -0.490 e. The van der Waals surface area contributed by atoms with Gasteiger partial charge in [-0.05, 0) is 54.8 Å². The number of carbonyl (C=O) groups is 1. The zero-order chi connectivity index (χ0) is 19.5. The Bertz CT molecular complexity index is 841. The normalized spacial score (nSPS) is 19.1. The van der Waals surface area contributed by atoms with E-state index in [0.717, 1.165) is 42.9 Å². The van der Waals surface area contributed by atoms with Gasteiger partial charge in [0.1, 0.15) is 0 Å². The molecule has 0 N–H and O–H groups in total. The largest absolute Gasteiger partial charge is 0.490 e. The molecule has 1 aromatic heterocycles. The molecule has 1 amide bonds. The first-order valence-electron chi connectivity index (χ1n) is 9.73. The van der Waals surface area contributed by atoms with E-state index in [2.05, 4.69) is 21.6 Å². The second-order valence-electron chi connectivity index (χ2n) is 7.29. The Morgan fingerprint density at radius 3 is 2.89 bits per heavy atom. The van der Waals surface area contributed by atoms with Gasteiger partial charge in [0, 0.05) is 13.0 Å². The second kappa shape index (κ2) is 8.38. The number of thioether (sulfide) groups is 1. The number of ether oxygens (including phenoxy) is 2. The standard InChI is InChI=1S/C19H25N5O3S/c1-13(2)24-19(20-21-22-24)28-12-18(25)23-8-3-5-15(23)14-6-7-16-17(11-14)27-10-4-9-26-16/h6-7,11,13,15H,3-5,8-10,12H2,1-2H3/t15-/m1/s1. The van der Waals surface area contributed by atoms with Crippen molar-refractivity contribution >= 4 is 17.7 Å². The molecule has 2 aromatic rings. The van der Waals surface area contributed by atoms with E-state index in [0.29, 0.717) is 24.1 Å². The first-order valence-corrected chi connectivity index (χ1v) is 10.7. The average molecular weight is 404 g/mol. The van der Waals surface area contributed by atoms with Crippen LogP contribution in [0.3, 0.4) is 0 Å². The molecule has 2 aliphatic heterocycles. The zero-order valence-electron chi connectivity index (χ0n) is 16.2. The molecular weight excluding hydrogens is 378 g/mol. The maximum Gasteiger partial charge on any atom is 0.233 e. The summed E-state index contributed by atoms with van der Waals surface area (Å²) in [5, 5.41) is 12.4. The van der Waals surface area contributed by atoms with Crippen molar-refractivity contribution in [3.8, 4) is 11.5 Å². The van der Waals surface area contributed by atoms with E-state index >= 15 is 0 Å². The van der Waals surface area contributed by atoms with Gasteiger partial charge < -0.3 is 14.4 Å². The Labute approximate surface area is 168 Å². The Hall–Kier alpha value is -2.29. The van der Waals surface area contributed by atoms with Crippen LogP contribution >= 0.6 is 11.8 Å². The van der Waals surface area contributed by atoms with Crippen molar-refractivity contribution in [3.05, 3.63) is 23.8 Å². The molecule has 1 atom stereocenters. The summed E-state index contributed by atoms with van der Waals surface area (Å²) in [6, 6.07) is 6.28. The number of likely N-dealkylation sites (tertiary alicyclic amines) is 1. The van der Waals surface area contributed by atoms with Crippen LogP contribution in [0.15, 0.2) is 23.4 Å². The summed E-state index contributed by atoms with van der Waals surface area (Å²) in [5.41, 5.74) is 1.10. The number of hydrogen-bond acceptors (Lipinski definition) is 7. The van der Waals surface area contributed by atoms with Crippen molar-refractivity contribution < 1.29 is 14.3 Å². The van der Waals surface area contributed by atoms with Crippen LogP contribution in [-0.2, 0) is 4.79 Å². The van der Waals surface area contributed by atoms with Gasteiger partial charge in [-0.1, -0.05) is 17.8 Å². The van der Waals surface area contributed by atoms with Gasteiger partial charge in [0.2, 0.25) is 11.1 Å². The van der Waals surface area contributed by atoms with Gasteiger partial charge in [0.15, 0.2) is 11.5 Å². The lowest BCUT2D eigenvalue weighted by molar-refractivity contribution is -0.129. The summed E-state index contributed by atoms with van der Waals surface area (Å²) in [6.45, 7) is 6.14. The van der Waals surface area contributed by atoms with Gasteiger partial charge in [-0.25, -0.2) is 4.68 Å². The molecule has 28 heavy (non-hydrogen) atoms. The fraction of sp³-hybridized carbons (Fsp3) is 0.579. The van der Waals surface area contributed by atoms with Crippen molar-refractivity contribution in [3.63, 3.8) is 0 Å². The van der Waals surface area contributed by atoms with Gasteiger partial charge >= 0.3 is 0 Å². The molecule has 8 nitrogen and oxygen atoms in total. The van der Waals surface area contributed by atoms with Crippen molar-refractivity contribution in [2.75, 3.05) is 25.5 Å². The molecule has 9 heteroatoms. The van der Waals surface area contributed by atoms with Crippen LogP contribution in [0.25, 0.3) is 0 Å². The Balaban J connectivity index is 1.45. The monoisotopic (exact) mass is 403 g/mol. The number of fused-ring (bicyclic) bond motifs is 1. The lowest BCUT2D eigenvalue weighted by Gasteiger charge is -2.25. The lowest BCUT2D eigenvalue weighted by atomic mass is 10.0. The highest BCUT2D eigenvalue weighted by Gasteiger charge is 2.31. The summed E-state index contributed by atoms with van der Waals surface area (Å²) in [4.78, 5) is 14.9. The van der Waals surface area contributed by atoms with Crippen LogP contribution in [0.5, 0.6) is 11.5 Å². The van der Waals surface area contributed by atoms with E-state index in [1.807, 2.05) is 30.9 Å². The van der Waals surface area contributed by atoms with Crippen molar-refractivity contribution in [2.45, 2.75) is 50.4 Å². The molecule has 0 bridgehead atoms. The predicted octanol–water partition coefficient (Wildman–Crippen LogP) is 2.87. The molecule has 3 heterocycles. The topological polar surface area (TPSA) is 82.4 Å². The zero-order valence-corrected chi connectivity index (χ0v) is 17.0. The Morgan fingerprint density at radius 1 is 1.25 bits per heavy atom. The van der Waals surface area contributed by atoms with E-state index in [-0.39, 0.29) is 18.0 Å². The van der Waals surface area contributed by atoms with Crippen molar-refractivity contribution in [1.29, 1.82) is 0 Å². The van der Waals surface area contributed by atoms with Gasteiger partial charge in [-0.3, -0.25) is 4.79 Å². The molecule has 4 rings (SSSR count). The highest BCUT2D eigenvalue weighted by atomic mass is 32.2. The van der Waals surface area contributed by atoms with Crippen molar-refractivity contribution in [2.24, 2.45) is 0 Å². The first-order chi connectivity index (χ1) is 13.6. The van der Waals surface area contributed by atoms with E-state index in [1.54, 1.807) is 4.68 Å². The number of benzene rings is 1. The molecule has 150 valence electrons. The summed E-state index contributed by atoms with van der Waals surface area (Å²) in [5.74, 6) is 2.00. The smallest absolute Gasteiger partial charge is 0.233 e. The Kier molecular flexibility index (Phi) is 5.70. The number of nitrogens with zero attached hydrogens (tertiary/aromatic N) is 5. The molecule has 1 aromatic carbocycles. The maximum atomic E-state index is 12.9. The average Bonchev–Trinajstić information content (AvgIpc) is 3.31. The number of carbonyl (C=O) groups excluding carboxylic acids is 1. The van der Waals surface area contributed by atoms with Gasteiger partial charge in [-0.2, -0.15) is 0 Å². The fourth-order valence-corrected chi connectivity index (χ4v) is 4.50. The van der Waals surface area contributed by atoms with Gasteiger partial charge in [-0.15, -0.1) is 5.10 Å². The molecule has 2 aliphatic rings. The highest BCUT2D eigenvalue weighted by Crippen LogP contribution is 2.38. The molecule has 0 radical (unpaired) electrons. The quantitative estimate of drug-likeness (QED) is 0.710. The minimum atomic E-state index is 0.0753. The SMILES string of the molecule is CC(C)n1nnnc1SCC(=O)N1CCC[C@@H]1c1ccc2c(c1)OCCCO2. The number of aromatic nitrogens is 4. The van der Waals surface area contributed by atoms with E-state index < -0.39 is 0 Å². The van der Waals surface area contributed by atoms with Crippen LogP contribution < -0.4 is 9.47 Å². The summed E-state index contributed by atoms with van der Waals surface area (Å²) in [7, 11) is 0. The number of amides is 1. The van der Waals surface area contributed by atoms with Crippen LogP contribution in [0, 0.1) is 0 Å². The molecule has 0 unspecified atom stereocenters. The maximum absolute atomic E-state index is 12.9. The third-order valence-corrected chi connectivity index (χ3v) is 5.92. The third kappa shape index (κ3) is 3.94. The van der Waals surface area contributed by atoms with Crippen LogP contribution in [0.2, 0.25) is 0 Å². The van der Waals surface area contributed by atoms with Crippen LogP contribution in [0.4, 0.5) is 0 Å².